The number of hydrogen-bond donors (Lipinski definition) is 2. The van der Waals surface area contributed by atoms with Crippen LogP contribution in [-0.2, 0) is 17.8 Å². The van der Waals surface area contributed by atoms with E-state index in [0.717, 1.165) is 12.1 Å². The fourth-order valence-corrected chi connectivity index (χ4v) is 1.46. The largest absolute Gasteiger partial charge is 0.309 e. The van der Waals surface area contributed by atoms with E-state index in [-0.39, 0.29) is 5.91 Å². The second-order valence-electron chi connectivity index (χ2n) is 3.70. The summed E-state index contributed by atoms with van der Waals surface area (Å²) in [5.74, 6) is 0.516. The Morgan fingerprint density at radius 1 is 1.59 bits per heavy atom. The number of anilines is 1. The fraction of sp³-hybridized carbons (Fsp3) is 0.364. The topological polar surface area (TPSA) is 75.6 Å². The molecule has 0 spiro atoms. The third kappa shape index (κ3) is 3.17. The number of amides is 1. The van der Waals surface area contributed by atoms with Crippen LogP contribution in [0.15, 0.2) is 24.5 Å². The molecule has 0 bridgehead atoms. The molecule has 2 heterocycles. The van der Waals surface area contributed by atoms with Crippen molar-refractivity contribution in [1.29, 1.82) is 0 Å². The van der Waals surface area contributed by atoms with Gasteiger partial charge in [0, 0.05) is 37.1 Å². The number of carbonyl (C=O) groups excluding carboxylic acids is 1. The Kier molecular flexibility index (Phi) is 3.54. The number of hydrogen-bond acceptors (Lipinski definition) is 3. The molecule has 0 aromatic carbocycles. The smallest absolute Gasteiger partial charge is 0.227 e. The standard InChI is InChI=1S/C11H15N5O/c1-2-9-8-10(15-14-9)13-11(17)4-7-16-6-3-5-12-16/h3,5-6,8H,2,4,7H2,1H3,(H2,13,14,15,17). The van der Waals surface area contributed by atoms with E-state index in [1.54, 1.807) is 10.9 Å². The van der Waals surface area contributed by atoms with Crippen molar-refractivity contribution in [2.24, 2.45) is 0 Å². The summed E-state index contributed by atoms with van der Waals surface area (Å²) in [6.45, 7) is 2.60. The lowest BCUT2D eigenvalue weighted by Gasteiger charge is -2.01. The van der Waals surface area contributed by atoms with Gasteiger partial charge in [-0.25, -0.2) is 0 Å². The molecule has 0 radical (unpaired) electrons. The molecule has 0 unspecified atom stereocenters. The van der Waals surface area contributed by atoms with E-state index in [2.05, 4.69) is 20.6 Å². The zero-order valence-corrected chi connectivity index (χ0v) is 9.68. The van der Waals surface area contributed by atoms with E-state index in [4.69, 9.17) is 0 Å². The predicted octanol–water partition coefficient (Wildman–Crippen LogP) is 1.20. The number of H-pyrrole nitrogens is 1. The van der Waals surface area contributed by atoms with Crippen LogP contribution in [0.3, 0.4) is 0 Å². The molecule has 2 aromatic heterocycles. The highest BCUT2D eigenvalue weighted by Crippen LogP contribution is 2.06. The summed E-state index contributed by atoms with van der Waals surface area (Å²) in [5, 5.41) is 13.6. The summed E-state index contributed by atoms with van der Waals surface area (Å²) in [4.78, 5) is 11.6. The quantitative estimate of drug-likeness (QED) is 0.814. The Labute approximate surface area is 99.0 Å². The predicted molar refractivity (Wildman–Crippen MR) is 63.4 cm³/mol. The van der Waals surface area contributed by atoms with Crippen LogP contribution in [0.2, 0.25) is 0 Å². The van der Waals surface area contributed by atoms with Crippen molar-refractivity contribution in [2.45, 2.75) is 26.3 Å². The molecule has 17 heavy (non-hydrogen) atoms. The first kappa shape index (κ1) is 11.4. The lowest BCUT2D eigenvalue weighted by Crippen LogP contribution is -2.14. The van der Waals surface area contributed by atoms with Gasteiger partial charge in [-0.3, -0.25) is 14.6 Å². The molecule has 0 saturated carbocycles. The maximum atomic E-state index is 11.6. The summed E-state index contributed by atoms with van der Waals surface area (Å²) in [5.41, 5.74) is 1.01. The van der Waals surface area contributed by atoms with Crippen molar-refractivity contribution >= 4 is 11.7 Å². The maximum Gasteiger partial charge on any atom is 0.227 e. The van der Waals surface area contributed by atoms with Gasteiger partial charge in [-0.05, 0) is 12.5 Å². The molecule has 6 nitrogen and oxygen atoms in total. The van der Waals surface area contributed by atoms with Gasteiger partial charge in [-0.1, -0.05) is 6.92 Å². The molecule has 0 saturated heterocycles. The van der Waals surface area contributed by atoms with Crippen molar-refractivity contribution in [3.63, 3.8) is 0 Å². The zero-order chi connectivity index (χ0) is 12.1. The SMILES string of the molecule is CCc1cc(NC(=O)CCn2cccn2)n[nH]1. The maximum absolute atomic E-state index is 11.6. The number of aromatic amines is 1. The molecule has 0 aliphatic rings. The van der Waals surface area contributed by atoms with Crippen molar-refractivity contribution in [1.82, 2.24) is 20.0 Å². The molecule has 2 aromatic rings. The normalized spacial score (nSPS) is 10.4. The lowest BCUT2D eigenvalue weighted by atomic mass is 10.3. The van der Waals surface area contributed by atoms with Gasteiger partial charge in [-0.2, -0.15) is 10.2 Å². The molecule has 0 fully saturated rings. The first-order chi connectivity index (χ1) is 8.28. The van der Waals surface area contributed by atoms with E-state index in [1.165, 1.54) is 0 Å². The Morgan fingerprint density at radius 3 is 3.12 bits per heavy atom. The van der Waals surface area contributed by atoms with Crippen LogP contribution in [-0.4, -0.2) is 25.9 Å². The van der Waals surface area contributed by atoms with Crippen molar-refractivity contribution < 1.29 is 4.79 Å². The monoisotopic (exact) mass is 233 g/mol. The lowest BCUT2D eigenvalue weighted by molar-refractivity contribution is -0.116. The van der Waals surface area contributed by atoms with Gasteiger partial charge in [0.2, 0.25) is 5.91 Å². The average Bonchev–Trinajstić information content (AvgIpc) is 2.97. The molecule has 6 heteroatoms. The van der Waals surface area contributed by atoms with E-state index in [9.17, 15) is 4.79 Å². The Balaban J connectivity index is 1.81. The van der Waals surface area contributed by atoms with Gasteiger partial charge in [0.05, 0.1) is 0 Å². The summed E-state index contributed by atoms with van der Waals surface area (Å²) in [7, 11) is 0. The van der Waals surface area contributed by atoms with Crippen LogP contribution >= 0.6 is 0 Å². The van der Waals surface area contributed by atoms with Gasteiger partial charge in [-0.15, -0.1) is 0 Å². The first-order valence-corrected chi connectivity index (χ1v) is 5.59. The van der Waals surface area contributed by atoms with Gasteiger partial charge in [0.15, 0.2) is 5.82 Å². The van der Waals surface area contributed by atoms with Crippen LogP contribution < -0.4 is 5.32 Å². The minimum atomic E-state index is -0.0605. The number of rotatable bonds is 5. The summed E-state index contributed by atoms with van der Waals surface area (Å²) in [6, 6.07) is 3.67. The summed E-state index contributed by atoms with van der Waals surface area (Å²) in [6.07, 6.45) is 4.78. The minimum absolute atomic E-state index is 0.0605. The van der Waals surface area contributed by atoms with E-state index >= 15 is 0 Å². The molecule has 2 N–H and O–H groups in total. The molecular formula is C11H15N5O. The number of nitrogens with one attached hydrogen (secondary N) is 2. The van der Waals surface area contributed by atoms with Crippen LogP contribution in [0.5, 0.6) is 0 Å². The Morgan fingerprint density at radius 2 is 2.47 bits per heavy atom. The molecule has 2 rings (SSSR count). The highest BCUT2D eigenvalue weighted by molar-refractivity contribution is 5.89. The van der Waals surface area contributed by atoms with Crippen molar-refractivity contribution in [3.05, 3.63) is 30.2 Å². The first-order valence-electron chi connectivity index (χ1n) is 5.59. The molecule has 1 amide bonds. The third-order valence-electron chi connectivity index (χ3n) is 2.41. The van der Waals surface area contributed by atoms with E-state index < -0.39 is 0 Å². The van der Waals surface area contributed by atoms with Crippen LogP contribution in [0, 0.1) is 0 Å². The van der Waals surface area contributed by atoms with Gasteiger partial charge >= 0.3 is 0 Å². The Hall–Kier alpha value is -2.11. The van der Waals surface area contributed by atoms with Crippen LogP contribution in [0.25, 0.3) is 0 Å². The molecular weight excluding hydrogens is 218 g/mol. The second-order valence-corrected chi connectivity index (χ2v) is 3.70. The van der Waals surface area contributed by atoms with Gasteiger partial charge in [0.25, 0.3) is 0 Å². The summed E-state index contributed by atoms with van der Waals surface area (Å²) < 4.78 is 1.72. The number of nitrogens with zero attached hydrogens (tertiary/aromatic N) is 3. The second kappa shape index (κ2) is 5.29. The van der Waals surface area contributed by atoms with Crippen molar-refractivity contribution in [2.75, 3.05) is 5.32 Å². The number of aromatic nitrogens is 4. The van der Waals surface area contributed by atoms with Crippen LogP contribution in [0.4, 0.5) is 5.82 Å². The highest BCUT2D eigenvalue weighted by Gasteiger charge is 2.05. The highest BCUT2D eigenvalue weighted by atomic mass is 16.1. The van der Waals surface area contributed by atoms with Gasteiger partial charge < -0.3 is 5.32 Å². The Bertz CT molecular complexity index is 474. The number of carbonyl (C=O) groups is 1. The molecule has 0 aliphatic heterocycles. The third-order valence-corrected chi connectivity index (χ3v) is 2.41. The molecule has 0 atom stereocenters. The van der Waals surface area contributed by atoms with E-state index in [0.29, 0.717) is 18.8 Å². The zero-order valence-electron chi connectivity index (χ0n) is 9.68. The molecule has 90 valence electrons. The molecule has 0 aliphatic carbocycles. The minimum Gasteiger partial charge on any atom is -0.309 e. The van der Waals surface area contributed by atoms with Gasteiger partial charge in [0.1, 0.15) is 0 Å². The summed E-state index contributed by atoms with van der Waals surface area (Å²) >= 11 is 0. The van der Waals surface area contributed by atoms with E-state index in [1.807, 2.05) is 25.3 Å². The number of aryl methyl sites for hydroxylation is 2. The van der Waals surface area contributed by atoms with Crippen LogP contribution in [0.1, 0.15) is 19.0 Å². The fourth-order valence-electron chi connectivity index (χ4n) is 1.46. The average molecular weight is 233 g/mol. The van der Waals surface area contributed by atoms with Crippen molar-refractivity contribution in [3.8, 4) is 0 Å².